The third kappa shape index (κ3) is 2.65. The van der Waals surface area contributed by atoms with E-state index >= 15 is 0 Å². The highest BCUT2D eigenvalue weighted by molar-refractivity contribution is 5.72. The number of halogens is 1. The van der Waals surface area contributed by atoms with E-state index in [4.69, 9.17) is 15.2 Å². The van der Waals surface area contributed by atoms with Crippen molar-refractivity contribution in [2.45, 2.75) is 0 Å². The summed E-state index contributed by atoms with van der Waals surface area (Å²) >= 11 is 0. The summed E-state index contributed by atoms with van der Waals surface area (Å²) < 4.78 is 23.4. The summed E-state index contributed by atoms with van der Waals surface area (Å²) in [6, 6.07) is 4.44. The number of nitrogens with two attached hydrogens (primary N) is 1. The number of nitrogens with zero attached hydrogens (tertiary/aromatic N) is 2. The number of rotatable bonds is 4. The summed E-state index contributed by atoms with van der Waals surface area (Å²) in [7, 11) is 2.86. The maximum Gasteiger partial charge on any atom is 0.242 e. The van der Waals surface area contributed by atoms with Crippen molar-refractivity contribution in [3.05, 3.63) is 30.3 Å². The largest absolute Gasteiger partial charge is 0.494 e. The second-order valence-corrected chi connectivity index (χ2v) is 3.62. The molecule has 6 nitrogen and oxygen atoms in total. The van der Waals surface area contributed by atoms with Gasteiger partial charge < -0.3 is 20.5 Å². The van der Waals surface area contributed by atoms with Crippen molar-refractivity contribution in [3.63, 3.8) is 0 Å². The van der Waals surface area contributed by atoms with Gasteiger partial charge in [-0.15, -0.1) is 0 Å². The Kier molecular flexibility index (Phi) is 3.65. The van der Waals surface area contributed by atoms with Crippen molar-refractivity contribution < 1.29 is 13.9 Å². The highest BCUT2D eigenvalue weighted by Crippen LogP contribution is 2.28. The molecule has 1 aromatic carbocycles. The molecule has 0 saturated heterocycles. The number of ether oxygens (including phenoxy) is 2. The molecule has 0 bridgehead atoms. The molecular weight excluding hydrogens is 251 g/mol. The van der Waals surface area contributed by atoms with Crippen LogP contribution in [0.4, 0.5) is 21.6 Å². The number of anilines is 3. The predicted molar refractivity (Wildman–Crippen MR) is 69.2 cm³/mol. The zero-order valence-electron chi connectivity index (χ0n) is 10.5. The van der Waals surface area contributed by atoms with Gasteiger partial charge in [-0.2, -0.15) is 4.98 Å². The Morgan fingerprint density at radius 2 is 2.00 bits per heavy atom. The molecule has 0 aliphatic rings. The summed E-state index contributed by atoms with van der Waals surface area (Å²) in [6.07, 6.45) is 1.30. The van der Waals surface area contributed by atoms with Crippen molar-refractivity contribution >= 4 is 17.2 Å². The van der Waals surface area contributed by atoms with Gasteiger partial charge in [0.25, 0.3) is 0 Å². The molecule has 0 atom stereocenters. The van der Waals surface area contributed by atoms with E-state index < -0.39 is 5.82 Å². The van der Waals surface area contributed by atoms with Crippen LogP contribution in [-0.2, 0) is 0 Å². The SMILES string of the molecule is COc1ccc(Nc2ncnc(OC)c2N)cc1F. The van der Waals surface area contributed by atoms with Crippen LogP contribution in [0.1, 0.15) is 0 Å². The fraction of sp³-hybridized carbons (Fsp3) is 0.167. The minimum Gasteiger partial charge on any atom is -0.494 e. The average Bonchev–Trinajstić information content (AvgIpc) is 2.41. The molecule has 0 aliphatic carbocycles. The molecule has 1 heterocycles. The Morgan fingerprint density at radius 3 is 2.63 bits per heavy atom. The first-order chi connectivity index (χ1) is 9.15. The van der Waals surface area contributed by atoms with Gasteiger partial charge in [0.05, 0.1) is 14.2 Å². The summed E-state index contributed by atoms with van der Waals surface area (Å²) in [5.41, 5.74) is 6.55. The van der Waals surface area contributed by atoms with Gasteiger partial charge in [0, 0.05) is 11.8 Å². The monoisotopic (exact) mass is 264 g/mol. The number of aromatic nitrogens is 2. The third-order valence-electron chi connectivity index (χ3n) is 2.46. The number of nitrogens with one attached hydrogen (secondary N) is 1. The fourth-order valence-corrected chi connectivity index (χ4v) is 1.52. The molecule has 0 unspecified atom stereocenters. The van der Waals surface area contributed by atoms with Crippen LogP contribution >= 0.6 is 0 Å². The first-order valence-corrected chi connectivity index (χ1v) is 5.40. The first-order valence-electron chi connectivity index (χ1n) is 5.40. The lowest BCUT2D eigenvalue weighted by molar-refractivity contribution is 0.386. The number of benzene rings is 1. The molecule has 19 heavy (non-hydrogen) atoms. The molecule has 2 aromatic rings. The molecular formula is C12H13FN4O2. The van der Waals surface area contributed by atoms with E-state index in [1.54, 1.807) is 6.07 Å². The highest BCUT2D eigenvalue weighted by atomic mass is 19.1. The molecule has 0 saturated carbocycles. The lowest BCUT2D eigenvalue weighted by Gasteiger charge is -2.11. The first kappa shape index (κ1) is 12.9. The normalized spacial score (nSPS) is 10.1. The Bertz CT molecular complexity index is 592. The molecule has 100 valence electrons. The standard InChI is InChI=1S/C12H13FN4O2/c1-18-9-4-3-7(5-8(9)13)17-11-10(14)12(19-2)16-6-15-11/h3-6H,14H2,1-2H3,(H,15,16,17). The minimum atomic E-state index is -0.480. The molecule has 2 rings (SSSR count). The number of methoxy groups -OCH3 is 2. The molecule has 0 spiro atoms. The van der Waals surface area contributed by atoms with Gasteiger partial charge in [-0.3, -0.25) is 0 Å². The van der Waals surface area contributed by atoms with Crippen LogP contribution in [0.3, 0.4) is 0 Å². The smallest absolute Gasteiger partial charge is 0.242 e. The van der Waals surface area contributed by atoms with Crippen LogP contribution in [0.15, 0.2) is 24.5 Å². The number of nitrogen functional groups attached to an aromatic ring is 1. The van der Waals surface area contributed by atoms with E-state index in [0.29, 0.717) is 11.5 Å². The van der Waals surface area contributed by atoms with E-state index in [0.717, 1.165) is 0 Å². The Hall–Kier alpha value is -2.57. The average molecular weight is 264 g/mol. The van der Waals surface area contributed by atoms with E-state index in [2.05, 4.69) is 15.3 Å². The zero-order chi connectivity index (χ0) is 13.8. The lowest BCUT2D eigenvalue weighted by atomic mass is 10.3. The van der Waals surface area contributed by atoms with Gasteiger partial charge in [-0.05, 0) is 12.1 Å². The van der Waals surface area contributed by atoms with Crippen molar-refractivity contribution in [2.75, 3.05) is 25.3 Å². The maximum atomic E-state index is 13.5. The van der Waals surface area contributed by atoms with E-state index in [-0.39, 0.29) is 17.3 Å². The second kappa shape index (κ2) is 5.38. The predicted octanol–water partition coefficient (Wildman–Crippen LogP) is 1.96. The second-order valence-electron chi connectivity index (χ2n) is 3.62. The molecule has 3 N–H and O–H groups in total. The zero-order valence-corrected chi connectivity index (χ0v) is 10.5. The Morgan fingerprint density at radius 1 is 1.21 bits per heavy atom. The maximum absolute atomic E-state index is 13.5. The van der Waals surface area contributed by atoms with Gasteiger partial charge in [0.1, 0.15) is 12.0 Å². The fourth-order valence-electron chi connectivity index (χ4n) is 1.52. The molecule has 0 aliphatic heterocycles. The highest BCUT2D eigenvalue weighted by Gasteiger charge is 2.10. The van der Waals surface area contributed by atoms with Crippen molar-refractivity contribution in [1.82, 2.24) is 9.97 Å². The lowest BCUT2D eigenvalue weighted by Crippen LogP contribution is -2.03. The van der Waals surface area contributed by atoms with Crippen LogP contribution in [-0.4, -0.2) is 24.2 Å². The number of hydrogen-bond donors (Lipinski definition) is 2. The summed E-state index contributed by atoms with van der Waals surface area (Å²) in [5, 5.41) is 2.89. The van der Waals surface area contributed by atoms with Crippen molar-refractivity contribution in [1.29, 1.82) is 0 Å². The summed E-state index contributed by atoms with van der Waals surface area (Å²) in [4.78, 5) is 7.83. The van der Waals surface area contributed by atoms with E-state index in [1.165, 1.54) is 32.7 Å². The molecule has 1 aromatic heterocycles. The Balaban J connectivity index is 2.29. The number of hydrogen-bond acceptors (Lipinski definition) is 6. The molecule has 0 amide bonds. The van der Waals surface area contributed by atoms with Crippen molar-refractivity contribution in [3.8, 4) is 11.6 Å². The van der Waals surface area contributed by atoms with Gasteiger partial charge in [-0.1, -0.05) is 0 Å². The van der Waals surface area contributed by atoms with Gasteiger partial charge in [-0.25, -0.2) is 9.37 Å². The quantitative estimate of drug-likeness (QED) is 0.878. The topological polar surface area (TPSA) is 82.3 Å². The third-order valence-corrected chi connectivity index (χ3v) is 2.46. The minimum absolute atomic E-state index is 0.166. The summed E-state index contributed by atoms with van der Waals surface area (Å²) in [5.74, 6) is 0.286. The molecule has 0 fully saturated rings. The Labute approximate surface area is 109 Å². The van der Waals surface area contributed by atoms with E-state index in [1.807, 2.05) is 0 Å². The molecule has 7 heteroatoms. The van der Waals surface area contributed by atoms with Crippen LogP contribution in [0, 0.1) is 5.82 Å². The van der Waals surface area contributed by atoms with Gasteiger partial charge in [0.2, 0.25) is 5.88 Å². The van der Waals surface area contributed by atoms with Gasteiger partial charge in [0.15, 0.2) is 17.4 Å². The van der Waals surface area contributed by atoms with Crippen LogP contribution in [0.2, 0.25) is 0 Å². The van der Waals surface area contributed by atoms with Crippen LogP contribution < -0.4 is 20.5 Å². The van der Waals surface area contributed by atoms with E-state index in [9.17, 15) is 4.39 Å². The summed E-state index contributed by atoms with van der Waals surface area (Å²) in [6.45, 7) is 0. The van der Waals surface area contributed by atoms with Crippen LogP contribution in [0.25, 0.3) is 0 Å². The molecule has 0 radical (unpaired) electrons. The van der Waals surface area contributed by atoms with Crippen LogP contribution in [0.5, 0.6) is 11.6 Å². The van der Waals surface area contributed by atoms with Crippen molar-refractivity contribution in [2.24, 2.45) is 0 Å². The van der Waals surface area contributed by atoms with Gasteiger partial charge >= 0.3 is 0 Å².